The van der Waals surface area contributed by atoms with Crippen LogP contribution in [0.25, 0.3) is 0 Å². The zero-order valence-corrected chi connectivity index (χ0v) is 17.3. The number of carbonyl (C=O) groups excluding carboxylic acids is 1. The van der Waals surface area contributed by atoms with Gasteiger partial charge in [0.15, 0.2) is 0 Å². The lowest BCUT2D eigenvalue weighted by atomic mass is 10.1. The molecule has 146 valence electrons. The summed E-state index contributed by atoms with van der Waals surface area (Å²) in [6.45, 7) is 3.62. The van der Waals surface area contributed by atoms with E-state index in [0.717, 1.165) is 16.1 Å². The van der Waals surface area contributed by atoms with Gasteiger partial charge in [-0.25, -0.2) is 8.42 Å². The predicted molar refractivity (Wildman–Crippen MR) is 109 cm³/mol. The van der Waals surface area contributed by atoms with Gasteiger partial charge in [0.1, 0.15) is 11.8 Å². The molecular weight excluding hydrogens is 388 g/mol. The Morgan fingerprint density at radius 1 is 1.26 bits per heavy atom. The fourth-order valence-corrected chi connectivity index (χ4v) is 4.19. The summed E-state index contributed by atoms with van der Waals surface area (Å²) in [5.74, 6) is -0.0333. The summed E-state index contributed by atoms with van der Waals surface area (Å²) in [5, 5.41) is 3.16. The van der Waals surface area contributed by atoms with Crippen molar-refractivity contribution in [2.75, 3.05) is 23.0 Å². The molecule has 0 aliphatic rings. The summed E-state index contributed by atoms with van der Waals surface area (Å²) in [4.78, 5) is 13.0. The predicted octanol–water partition coefficient (Wildman–Crippen LogP) is 3.84. The Bertz CT molecular complexity index is 931. The molecule has 27 heavy (non-hydrogen) atoms. The second-order valence-electron chi connectivity index (χ2n) is 6.16. The lowest BCUT2D eigenvalue weighted by Gasteiger charge is -2.30. The molecule has 1 amide bonds. The average Bonchev–Trinajstić information content (AvgIpc) is 2.58. The number of sulfonamides is 1. The van der Waals surface area contributed by atoms with Crippen molar-refractivity contribution >= 4 is 38.9 Å². The third-order valence-electron chi connectivity index (χ3n) is 4.01. The van der Waals surface area contributed by atoms with Crippen LogP contribution in [-0.4, -0.2) is 33.7 Å². The number of carbonyl (C=O) groups is 1. The lowest BCUT2D eigenvalue weighted by molar-refractivity contribution is -0.117. The molecule has 0 spiro atoms. The van der Waals surface area contributed by atoms with Crippen molar-refractivity contribution in [1.82, 2.24) is 0 Å². The Hall–Kier alpha value is -2.25. The lowest BCUT2D eigenvalue weighted by Crippen LogP contribution is -2.47. The van der Waals surface area contributed by atoms with Gasteiger partial charge in [-0.15, -0.1) is 0 Å². The quantitative estimate of drug-likeness (QED) is 0.752. The van der Waals surface area contributed by atoms with Gasteiger partial charge in [0.05, 0.1) is 24.7 Å². The summed E-state index contributed by atoms with van der Waals surface area (Å²) >= 11 is 6.01. The summed E-state index contributed by atoms with van der Waals surface area (Å²) < 4.78 is 31.3. The molecule has 2 rings (SSSR count). The molecule has 0 aliphatic carbocycles. The molecule has 8 heteroatoms. The maximum absolute atomic E-state index is 13.0. The highest BCUT2D eigenvalue weighted by Crippen LogP contribution is 2.29. The summed E-state index contributed by atoms with van der Waals surface area (Å²) in [6.07, 6.45) is 1.38. The van der Waals surface area contributed by atoms with Crippen molar-refractivity contribution in [2.24, 2.45) is 0 Å². The second kappa shape index (κ2) is 8.63. The van der Waals surface area contributed by atoms with Crippen LogP contribution in [0.3, 0.4) is 0 Å². The molecule has 1 atom stereocenters. The van der Waals surface area contributed by atoms with Crippen LogP contribution in [0.5, 0.6) is 5.75 Å². The Morgan fingerprint density at radius 2 is 1.96 bits per heavy atom. The van der Waals surface area contributed by atoms with Gasteiger partial charge in [-0.1, -0.05) is 30.7 Å². The van der Waals surface area contributed by atoms with E-state index in [9.17, 15) is 13.2 Å². The van der Waals surface area contributed by atoms with E-state index in [1.165, 1.54) is 7.11 Å². The Labute approximate surface area is 165 Å². The first-order valence-corrected chi connectivity index (χ1v) is 10.6. The van der Waals surface area contributed by atoms with Crippen molar-refractivity contribution in [2.45, 2.75) is 26.3 Å². The van der Waals surface area contributed by atoms with E-state index < -0.39 is 22.0 Å². The summed E-state index contributed by atoms with van der Waals surface area (Å²) in [7, 11) is -2.21. The van der Waals surface area contributed by atoms with Gasteiger partial charge in [-0.2, -0.15) is 0 Å². The number of hydrogen-bond acceptors (Lipinski definition) is 4. The minimum absolute atomic E-state index is 0.287. The average molecular weight is 411 g/mol. The maximum atomic E-state index is 13.0. The van der Waals surface area contributed by atoms with Gasteiger partial charge in [0, 0.05) is 5.02 Å². The Morgan fingerprint density at radius 3 is 2.52 bits per heavy atom. The number of nitrogens with one attached hydrogen (secondary N) is 1. The minimum Gasteiger partial charge on any atom is -0.495 e. The second-order valence-corrected chi connectivity index (χ2v) is 8.45. The van der Waals surface area contributed by atoms with Crippen LogP contribution < -0.4 is 14.4 Å². The van der Waals surface area contributed by atoms with Crippen LogP contribution in [0, 0.1) is 6.92 Å². The molecule has 0 bridgehead atoms. The van der Waals surface area contributed by atoms with Gasteiger partial charge in [-0.05, 0) is 49.2 Å². The van der Waals surface area contributed by atoms with E-state index in [4.69, 9.17) is 16.3 Å². The third-order valence-corrected chi connectivity index (χ3v) is 5.42. The van der Waals surface area contributed by atoms with Crippen LogP contribution in [0.4, 0.5) is 11.4 Å². The molecule has 0 saturated heterocycles. The first kappa shape index (κ1) is 21.1. The van der Waals surface area contributed by atoms with Gasteiger partial charge < -0.3 is 10.1 Å². The number of halogens is 1. The molecule has 0 fully saturated rings. The number of amides is 1. The number of anilines is 2. The molecule has 0 aliphatic heterocycles. The summed E-state index contributed by atoms with van der Waals surface area (Å²) in [6, 6.07) is 10.9. The highest BCUT2D eigenvalue weighted by atomic mass is 35.5. The molecule has 0 aromatic heterocycles. The Balaban J connectivity index is 2.42. The van der Waals surface area contributed by atoms with E-state index in [0.29, 0.717) is 22.1 Å². The molecule has 6 nitrogen and oxygen atoms in total. The van der Waals surface area contributed by atoms with E-state index in [-0.39, 0.29) is 6.42 Å². The van der Waals surface area contributed by atoms with Crippen LogP contribution in [-0.2, 0) is 14.8 Å². The fourth-order valence-electron chi connectivity index (χ4n) is 2.82. The molecule has 0 heterocycles. The normalized spacial score (nSPS) is 12.3. The molecular formula is C19H23ClN2O4S. The zero-order chi connectivity index (χ0) is 20.2. The van der Waals surface area contributed by atoms with Crippen molar-refractivity contribution in [3.05, 3.63) is 53.1 Å². The van der Waals surface area contributed by atoms with E-state index >= 15 is 0 Å². The smallest absolute Gasteiger partial charge is 0.248 e. The minimum atomic E-state index is -3.69. The zero-order valence-electron chi connectivity index (χ0n) is 15.7. The number of hydrogen-bond donors (Lipinski definition) is 1. The first-order valence-electron chi connectivity index (χ1n) is 8.37. The van der Waals surface area contributed by atoms with Gasteiger partial charge in [0.2, 0.25) is 15.9 Å². The third kappa shape index (κ3) is 5.14. The molecule has 2 aromatic carbocycles. The number of nitrogens with zero attached hydrogens (tertiary/aromatic N) is 1. The van der Waals surface area contributed by atoms with E-state index in [2.05, 4.69) is 5.32 Å². The summed E-state index contributed by atoms with van der Waals surface area (Å²) in [5.41, 5.74) is 1.72. The van der Waals surface area contributed by atoms with Gasteiger partial charge >= 0.3 is 0 Å². The fraction of sp³-hybridized carbons (Fsp3) is 0.316. The number of aryl methyl sites for hydroxylation is 1. The number of ether oxygens (including phenoxy) is 1. The Kier molecular flexibility index (Phi) is 6.73. The van der Waals surface area contributed by atoms with Crippen LogP contribution in [0.15, 0.2) is 42.5 Å². The van der Waals surface area contributed by atoms with Crippen LogP contribution >= 0.6 is 11.6 Å². The van der Waals surface area contributed by atoms with Gasteiger partial charge in [-0.3, -0.25) is 9.10 Å². The van der Waals surface area contributed by atoms with Crippen molar-refractivity contribution in [3.63, 3.8) is 0 Å². The van der Waals surface area contributed by atoms with Crippen molar-refractivity contribution in [3.8, 4) is 5.75 Å². The molecule has 0 saturated carbocycles. The topological polar surface area (TPSA) is 75.7 Å². The molecule has 0 radical (unpaired) electrons. The molecule has 1 N–H and O–H groups in total. The number of methoxy groups -OCH3 is 1. The van der Waals surface area contributed by atoms with E-state index in [1.807, 2.05) is 13.0 Å². The van der Waals surface area contributed by atoms with E-state index in [1.54, 1.807) is 43.3 Å². The number of rotatable bonds is 7. The molecule has 0 unspecified atom stereocenters. The highest BCUT2D eigenvalue weighted by molar-refractivity contribution is 7.92. The molecule has 2 aromatic rings. The standard InChI is InChI=1S/C19H23ClN2O4S/c1-5-17(19(23)21-16-12-14(20)9-10-18(16)26-3)22(27(4,24)25)15-8-6-7-13(2)11-15/h6-12,17H,5H2,1-4H3,(H,21,23)/t17-/m0/s1. The SMILES string of the molecule is CC[C@@H](C(=O)Nc1cc(Cl)ccc1OC)N(c1cccc(C)c1)S(C)(=O)=O. The maximum Gasteiger partial charge on any atom is 0.248 e. The first-order chi connectivity index (χ1) is 12.7. The highest BCUT2D eigenvalue weighted by Gasteiger charge is 2.32. The van der Waals surface area contributed by atoms with Crippen LogP contribution in [0.1, 0.15) is 18.9 Å². The van der Waals surface area contributed by atoms with Gasteiger partial charge in [0.25, 0.3) is 0 Å². The van der Waals surface area contributed by atoms with Crippen LogP contribution in [0.2, 0.25) is 5.02 Å². The van der Waals surface area contributed by atoms with Crippen molar-refractivity contribution < 1.29 is 17.9 Å². The number of benzene rings is 2. The van der Waals surface area contributed by atoms with Crippen molar-refractivity contribution in [1.29, 1.82) is 0 Å². The monoisotopic (exact) mass is 410 g/mol. The largest absolute Gasteiger partial charge is 0.495 e.